The van der Waals surface area contributed by atoms with Crippen LogP contribution in [0.4, 0.5) is 17.1 Å². The molecule has 3 rings (SSSR count). The molecule has 0 radical (unpaired) electrons. The summed E-state index contributed by atoms with van der Waals surface area (Å²) in [7, 11) is 3.30. The number of carboxylic acids is 1. The molecule has 0 bridgehead atoms. The Bertz CT molecular complexity index is 793. The average molecular weight is 368 g/mol. The van der Waals surface area contributed by atoms with Gasteiger partial charge in [-0.3, -0.25) is 0 Å². The first-order valence-electron chi connectivity index (χ1n) is 7.07. The fourth-order valence-electron chi connectivity index (χ4n) is 2.60. The van der Waals surface area contributed by atoms with Crippen LogP contribution in [0.5, 0.6) is 5.75 Å². The predicted molar refractivity (Wildman–Crippen MR) is 95.9 cm³/mol. The SMILES string of the molecule is COc1cc2c(cc1C(=O)O)NC(Nc1c(Cl)cccc1Cl)N2C. The highest BCUT2D eigenvalue weighted by atomic mass is 35.5. The van der Waals surface area contributed by atoms with Gasteiger partial charge in [-0.05, 0) is 18.2 Å². The number of nitrogens with zero attached hydrogens (tertiary/aromatic N) is 1. The highest BCUT2D eigenvalue weighted by Gasteiger charge is 2.29. The molecule has 1 atom stereocenters. The maximum atomic E-state index is 11.4. The molecule has 0 saturated heterocycles. The summed E-state index contributed by atoms with van der Waals surface area (Å²) in [6.07, 6.45) is -0.342. The highest BCUT2D eigenvalue weighted by Crippen LogP contribution is 2.40. The summed E-state index contributed by atoms with van der Waals surface area (Å²) in [4.78, 5) is 13.3. The molecule has 0 aliphatic carbocycles. The van der Waals surface area contributed by atoms with Crippen molar-refractivity contribution in [1.29, 1.82) is 0 Å². The second-order valence-corrected chi connectivity index (χ2v) is 6.09. The molecule has 126 valence electrons. The number of rotatable bonds is 4. The van der Waals surface area contributed by atoms with Crippen molar-refractivity contribution in [2.75, 3.05) is 29.7 Å². The number of halogens is 2. The van der Waals surface area contributed by atoms with E-state index in [0.717, 1.165) is 5.69 Å². The van der Waals surface area contributed by atoms with E-state index in [9.17, 15) is 9.90 Å². The minimum atomic E-state index is -1.05. The number of fused-ring (bicyclic) bond motifs is 1. The highest BCUT2D eigenvalue weighted by molar-refractivity contribution is 6.39. The van der Waals surface area contributed by atoms with Crippen LogP contribution < -0.4 is 20.3 Å². The van der Waals surface area contributed by atoms with Gasteiger partial charge in [0.25, 0.3) is 0 Å². The lowest BCUT2D eigenvalue weighted by Crippen LogP contribution is -2.39. The van der Waals surface area contributed by atoms with E-state index in [0.29, 0.717) is 27.2 Å². The van der Waals surface area contributed by atoms with Crippen molar-refractivity contribution in [3.63, 3.8) is 0 Å². The van der Waals surface area contributed by atoms with Crippen molar-refractivity contribution in [3.8, 4) is 5.75 Å². The van der Waals surface area contributed by atoms with Gasteiger partial charge in [0.2, 0.25) is 0 Å². The van der Waals surface area contributed by atoms with Crippen molar-refractivity contribution in [2.45, 2.75) is 6.29 Å². The van der Waals surface area contributed by atoms with Crippen molar-refractivity contribution >= 4 is 46.2 Å². The summed E-state index contributed by atoms with van der Waals surface area (Å²) in [5, 5.41) is 16.7. The van der Waals surface area contributed by atoms with E-state index in [1.165, 1.54) is 7.11 Å². The minimum Gasteiger partial charge on any atom is -0.496 e. The topological polar surface area (TPSA) is 73.8 Å². The number of hydrogen-bond donors (Lipinski definition) is 3. The number of methoxy groups -OCH3 is 1. The van der Waals surface area contributed by atoms with Crippen LogP contribution in [-0.2, 0) is 0 Å². The van der Waals surface area contributed by atoms with E-state index in [1.54, 1.807) is 30.3 Å². The minimum absolute atomic E-state index is 0.0913. The molecule has 24 heavy (non-hydrogen) atoms. The first-order valence-corrected chi connectivity index (χ1v) is 7.83. The van der Waals surface area contributed by atoms with Gasteiger partial charge < -0.3 is 25.4 Å². The molecule has 1 unspecified atom stereocenters. The Kier molecular flexibility index (Phi) is 4.34. The molecule has 6 nitrogen and oxygen atoms in total. The van der Waals surface area contributed by atoms with Crippen molar-refractivity contribution < 1.29 is 14.6 Å². The van der Waals surface area contributed by atoms with E-state index in [4.69, 9.17) is 27.9 Å². The van der Waals surface area contributed by atoms with Gasteiger partial charge in [0, 0.05) is 13.1 Å². The third kappa shape index (κ3) is 2.79. The molecule has 1 aliphatic rings. The van der Waals surface area contributed by atoms with Gasteiger partial charge in [-0.2, -0.15) is 0 Å². The number of hydrogen-bond acceptors (Lipinski definition) is 5. The molecule has 2 aromatic rings. The number of carbonyl (C=O) groups is 1. The van der Waals surface area contributed by atoms with E-state index >= 15 is 0 Å². The molecule has 8 heteroatoms. The zero-order valence-electron chi connectivity index (χ0n) is 12.9. The molecule has 0 aromatic heterocycles. The van der Waals surface area contributed by atoms with E-state index in [1.807, 2.05) is 11.9 Å². The van der Waals surface area contributed by atoms with Crippen LogP contribution >= 0.6 is 23.2 Å². The van der Waals surface area contributed by atoms with Gasteiger partial charge in [0.05, 0.1) is 34.2 Å². The first-order chi connectivity index (χ1) is 11.4. The Morgan fingerprint density at radius 2 is 2.00 bits per heavy atom. The Morgan fingerprint density at radius 1 is 1.33 bits per heavy atom. The summed E-state index contributed by atoms with van der Waals surface area (Å²) in [5.74, 6) is -0.754. The van der Waals surface area contributed by atoms with Crippen LogP contribution in [0, 0.1) is 0 Å². The van der Waals surface area contributed by atoms with Crippen LogP contribution in [0.3, 0.4) is 0 Å². The zero-order chi connectivity index (χ0) is 17.4. The summed E-state index contributed by atoms with van der Waals surface area (Å²) < 4.78 is 5.17. The van der Waals surface area contributed by atoms with Crippen LogP contribution in [-0.4, -0.2) is 31.5 Å². The third-order valence-corrected chi connectivity index (χ3v) is 4.48. The number of aromatic carboxylic acids is 1. The smallest absolute Gasteiger partial charge is 0.339 e. The van der Waals surface area contributed by atoms with Crippen molar-refractivity contribution in [1.82, 2.24) is 0 Å². The van der Waals surface area contributed by atoms with Crippen LogP contribution in [0.25, 0.3) is 0 Å². The summed E-state index contributed by atoms with van der Waals surface area (Å²) in [6, 6.07) is 8.47. The number of carboxylic acid groups (broad SMARTS) is 1. The van der Waals surface area contributed by atoms with Gasteiger partial charge in [0.15, 0.2) is 6.29 Å². The van der Waals surface area contributed by atoms with E-state index in [2.05, 4.69) is 10.6 Å². The maximum absolute atomic E-state index is 11.4. The third-order valence-electron chi connectivity index (χ3n) is 3.85. The van der Waals surface area contributed by atoms with Crippen molar-refractivity contribution in [3.05, 3.63) is 45.9 Å². The quantitative estimate of drug-likeness (QED) is 0.759. The fourth-order valence-corrected chi connectivity index (χ4v) is 3.11. The molecule has 2 aromatic carbocycles. The normalized spacial score (nSPS) is 15.7. The predicted octanol–water partition coefficient (Wildman–Crippen LogP) is 3.96. The molecular weight excluding hydrogens is 353 g/mol. The van der Waals surface area contributed by atoms with Crippen LogP contribution in [0.1, 0.15) is 10.4 Å². The molecule has 0 spiro atoms. The lowest BCUT2D eigenvalue weighted by molar-refractivity contribution is 0.0693. The largest absolute Gasteiger partial charge is 0.496 e. The Morgan fingerprint density at radius 3 is 2.58 bits per heavy atom. The Labute approximate surface area is 148 Å². The van der Waals surface area contributed by atoms with Gasteiger partial charge >= 0.3 is 5.97 Å². The maximum Gasteiger partial charge on any atom is 0.339 e. The Hall–Kier alpha value is -2.31. The number of anilines is 3. The van der Waals surface area contributed by atoms with Gasteiger partial charge in [-0.15, -0.1) is 0 Å². The number of benzene rings is 2. The fraction of sp³-hybridized carbons (Fsp3) is 0.188. The lowest BCUT2D eigenvalue weighted by atomic mass is 10.1. The molecule has 1 aliphatic heterocycles. The zero-order valence-corrected chi connectivity index (χ0v) is 14.4. The molecular formula is C16H15Cl2N3O3. The average Bonchev–Trinajstić information content (AvgIpc) is 2.85. The van der Waals surface area contributed by atoms with Gasteiger partial charge in [-0.25, -0.2) is 4.79 Å². The second kappa shape index (κ2) is 6.30. The lowest BCUT2D eigenvalue weighted by Gasteiger charge is -2.25. The van der Waals surface area contributed by atoms with Crippen LogP contribution in [0.15, 0.2) is 30.3 Å². The Balaban J connectivity index is 1.93. The van der Waals surface area contributed by atoms with E-state index in [-0.39, 0.29) is 11.9 Å². The van der Waals surface area contributed by atoms with Gasteiger partial charge in [0.1, 0.15) is 11.3 Å². The number of ether oxygens (including phenoxy) is 1. The standard InChI is InChI=1S/C16H15Cl2N3O3/c1-21-12-7-13(24-2)8(15(22)23)6-11(12)19-16(21)20-14-9(17)4-3-5-10(14)18/h3-7,16,19-20H,1-2H3,(H,22,23). The number of para-hydroxylation sites is 1. The monoisotopic (exact) mass is 367 g/mol. The summed E-state index contributed by atoms with van der Waals surface area (Å²) >= 11 is 12.4. The second-order valence-electron chi connectivity index (χ2n) is 5.27. The molecule has 1 heterocycles. The van der Waals surface area contributed by atoms with E-state index < -0.39 is 5.97 Å². The molecule has 0 amide bonds. The first kappa shape index (κ1) is 16.5. The van der Waals surface area contributed by atoms with Crippen molar-refractivity contribution in [2.24, 2.45) is 0 Å². The summed E-state index contributed by atoms with van der Waals surface area (Å²) in [6.45, 7) is 0. The van der Waals surface area contributed by atoms with Gasteiger partial charge in [-0.1, -0.05) is 29.3 Å². The molecule has 0 saturated carbocycles. The molecule has 3 N–H and O–H groups in total. The molecule has 0 fully saturated rings. The van der Waals surface area contributed by atoms with Crippen LogP contribution in [0.2, 0.25) is 10.0 Å². The number of nitrogens with one attached hydrogen (secondary N) is 2. The summed E-state index contributed by atoms with van der Waals surface area (Å²) in [5.41, 5.74) is 2.17.